The standard InChI is InChI=1S/C17H18ClN3O/c1-12-13(5-4-8-19-12)11-21-10-9-20-17(22)16(21)14-6-2-3-7-15(14)18/h2-8,16H,9-11H2,1H3,(H,20,22). The molecule has 2 aromatic rings. The fourth-order valence-electron chi connectivity index (χ4n) is 2.82. The van der Waals surface area contributed by atoms with Crippen molar-refractivity contribution in [3.8, 4) is 0 Å². The van der Waals surface area contributed by atoms with Crippen LogP contribution in [0.15, 0.2) is 42.6 Å². The van der Waals surface area contributed by atoms with Crippen molar-refractivity contribution >= 4 is 17.5 Å². The minimum atomic E-state index is -0.359. The second-order valence-electron chi connectivity index (χ2n) is 5.43. The Morgan fingerprint density at radius 3 is 2.91 bits per heavy atom. The number of halogens is 1. The summed E-state index contributed by atoms with van der Waals surface area (Å²) >= 11 is 6.30. The molecule has 1 saturated heterocycles. The summed E-state index contributed by atoms with van der Waals surface area (Å²) in [6, 6.07) is 11.2. The van der Waals surface area contributed by atoms with E-state index in [1.54, 1.807) is 6.20 Å². The number of aryl methyl sites for hydroxylation is 1. The molecule has 1 aliphatic heterocycles. The van der Waals surface area contributed by atoms with E-state index in [9.17, 15) is 4.79 Å². The van der Waals surface area contributed by atoms with E-state index in [4.69, 9.17) is 11.6 Å². The predicted octanol–water partition coefficient (Wildman–Crippen LogP) is 2.72. The van der Waals surface area contributed by atoms with Crippen LogP contribution in [0.2, 0.25) is 5.02 Å². The lowest BCUT2D eigenvalue weighted by molar-refractivity contribution is -0.129. The third kappa shape index (κ3) is 2.98. The van der Waals surface area contributed by atoms with E-state index in [1.165, 1.54) is 0 Å². The highest BCUT2D eigenvalue weighted by Gasteiger charge is 2.32. The van der Waals surface area contributed by atoms with Gasteiger partial charge in [0.25, 0.3) is 0 Å². The monoisotopic (exact) mass is 315 g/mol. The maximum Gasteiger partial charge on any atom is 0.242 e. The number of hydrogen-bond donors (Lipinski definition) is 1. The van der Waals surface area contributed by atoms with Crippen molar-refractivity contribution in [1.82, 2.24) is 15.2 Å². The van der Waals surface area contributed by atoms with Gasteiger partial charge in [0.15, 0.2) is 0 Å². The number of aromatic nitrogens is 1. The van der Waals surface area contributed by atoms with Crippen LogP contribution < -0.4 is 5.32 Å². The Morgan fingerprint density at radius 2 is 2.14 bits per heavy atom. The SMILES string of the molecule is Cc1ncccc1CN1CCNC(=O)C1c1ccccc1Cl. The fraction of sp³-hybridized carbons (Fsp3) is 0.294. The quantitative estimate of drug-likeness (QED) is 0.947. The molecule has 1 aromatic heterocycles. The van der Waals surface area contributed by atoms with E-state index < -0.39 is 0 Å². The number of piperazine rings is 1. The van der Waals surface area contributed by atoms with Crippen LogP contribution in [-0.2, 0) is 11.3 Å². The largest absolute Gasteiger partial charge is 0.353 e. The Bertz CT molecular complexity index is 689. The number of benzene rings is 1. The number of nitrogens with one attached hydrogen (secondary N) is 1. The lowest BCUT2D eigenvalue weighted by atomic mass is 10.0. The first-order valence-corrected chi connectivity index (χ1v) is 7.71. The molecule has 114 valence electrons. The minimum absolute atomic E-state index is 0.000827. The summed E-state index contributed by atoms with van der Waals surface area (Å²) in [4.78, 5) is 18.9. The molecule has 1 atom stereocenters. The number of nitrogens with zero attached hydrogens (tertiary/aromatic N) is 2. The van der Waals surface area contributed by atoms with E-state index in [2.05, 4.69) is 21.3 Å². The van der Waals surface area contributed by atoms with Crippen molar-refractivity contribution in [2.24, 2.45) is 0 Å². The normalized spacial score (nSPS) is 19.0. The van der Waals surface area contributed by atoms with Crippen molar-refractivity contribution in [2.75, 3.05) is 13.1 Å². The average molecular weight is 316 g/mol. The van der Waals surface area contributed by atoms with Gasteiger partial charge in [-0.05, 0) is 30.2 Å². The van der Waals surface area contributed by atoms with Crippen LogP contribution in [0, 0.1) is 6.92 Å². The molecule has 0 aliphatic carbocycles. The molecule has 1 amide bonds. The minimum Gasteiger partial charge on any atom is -0.353 e. The Balaban J connectivity index is 1.93. The van der Waals surface area contributed by atoms with Gasteiger partial charge in [-0.2, -0.15) is 0 Å². The molecule has 1 unspecified atom stereocenters. The fourth-order valence-corrected chi connectivity index (χ4v) is 3.06. The van der Waals surface area contributed by atoms with Crippen LogP contribution in [-0.4, -0.2) is 28.9 Å². The molecule has 0 bridgehead atoms. The van der Waals surface area contributed by atoms with E-state index in [-0.39, 0.29) is 11.9 Å². The van der Waals surface area contributed by atoms with Gasteiger partial charge >= 0.3 is 0 Å². The number of amides is 1. The smallest absolute Gasteiger partial charge is 0.242 e. The molecule has 3 rings (SSSR count). The number of rotatable bonds is 3. The van der Waals surface area contributed by atoms with Crippen molar-refractivity contribution in [2.45, 2.75) is 19.5 Å². The summed E-state index contributed by atoms with van der Waals surface area (Å²) in [6.07, 6.45) is 1.79. The first-order valence-electron chi connectivity index (χ1n) is 7.33. The summed E-state index contributed by atoms with van der Waals surface area (Å²) in [7, 11) is 0. The molecule has 4 nitrogen and oxygen atoms in total. The number of pyridine rings is 1. The molecule has 0 saturated carbocycles. The Kier molecular flexibility index (Phi) is 4.41. The van der Waals surface area contributed by atoms with Gasteiger partial charge in [-0.15, -0.1) is 0 Å². The van der Waals surface area contributed by atoms with E-state index >= 15 is 0 Å². The van der Waals surface area contributed by atoms with Crippen molar-refractivity contribution in [1.29, 1.82) is 0 Å². The highest BCUT2D eigenvalue weighted by atomic mass is 35.5. The number of hydrogen-bond acceptors (Lipinski definition) is 3. The summed E-state index contributed by atoms with van der Waals surface area (Å²) in [5.41, 5.74) is 2.98. The molecule has 2 heterocycles. The zero-order valence-corrected chi connectivity index (χ0v) is 13.2. The zero-order chi connectivity index (χ0) is 15.5. The van der Waals surface area contributed by atoms with E-state index in [1.807, 2.05) is 37.3 Å². The molecule has 1 aliphatic rings. The molecule has 5 heteroatoms. The van der Waals surface area contributed by atoms with Crippen LogP contribution in [0.5, 0.6) is 0 Å². The molecule has 1 N–H and O–H groups in total. The highest BCUT2D eigenvalue weighted by Crippen LogP contribution is 2.30. The van der Waals surface area contributed by atoms with E-state index in [0.29, 0.717) is 18.1 Å². The van der Waals surface area contributed by atoms with Crippen LogP contribution in [0.1, 0.15) is 22.9 Å². The lowest BCUT2D eigenvalue weighted by Gasteiger charge is -2.35. The van der Waals surface area contributed by atoms with Gasteiger partial charge in [-0.1, -0.05) is 35.9 Å². The first kappa shape index (κ1) is 15.0. The van der Waals surface area contributed by atoms with Crippen molar-refractivity contribution in [3.05, 3.63) is 64.4 Å². The van der Waals surface area contributed by atoms with Gasteiger partial charge in [0.05, 0.1) is 0 Å². The summed E-state index contributed by atoms with van der Waals surface area (Å²) in [5.74, 6) is 0.000827. The summed E-state index contributed by atoms with van der Waals surface area (Å²) in [6.45, 7) is 4.11. The highest BCUT2D eigenvalue weighted by molar-refractivity contribution is 6.31. The lowest BCUT2D eigenvalue weighted by Crippen LogP contribution is -2.49. The number of carbonyl (C=O) groups is 1. The third-order valence-corrected chi connectivity index (χ3v) is 4.35. The van der Waals surface area contributed by atoms with Gasteiger partial charge in [0.1, 0.15) is 6.04 Å². The second kappa shape index (κ2) is 6.46. The topological polar surface area (TPSA) is 45.2 Å². The van der Waals surface area contributed by atoms with Gasteiger partial charge in [0.2, 0.25) is 5.91 Å². The average Bonchev–Trinajstić information content (AvgIpc) is 2.51. The number of carbonyl (C=O) groups excluding carboxylic acids is 1. The Hall–Kier alpha value is -1.91. The third-order valence-electron chi connectivity index (χ3n) is 4.00. The van der Waals surface area contributed by atoms with Crippen LogP contribution in [0.3, 0.4) is 0 Å². The van der Waals surface area contributed by atoms with Crippen molar-refractivity contribution in [3.63, 3.8) is 0 Å². The predicted molar refractivity (Wildman–Crippen MR) is 86.6 cm³/mol. The van der Waals surface area contributed by atoms with Gasteiger partial charge < -0.3 is 5.32 Å². The molecule has 1 aromatic carbocycles. The molecule has 0 spiro atoms. The van der Waals surface area contributed by atoms with Crippen LogP contribution in [0.25, 0.3) is 0 Å². The van der Waals surface area contributed by atoms with Gasteiger partial charge in [0, 0.05) is 36.5 Å². The van der Waals surface area contributed by atoms with Gasteiger partial charge in [-0.25, -0.2) is 0 Å². The maximum absolute atomic E-state index is 12.4. The van der Waals surface area contributed by atoms with Crippen LogP contribution in [0.4, 0.5) is 0 Å². The molecular formula is C17H18ClN3O. The first-order chi connectivity index (χ1) is 10.7. The Morgan fingerprint density at radius 1 is 1.32 bits per heavy atom. The second-order valence-corrected chi connectivity index (χ2v) is 5.84. The van der Waals surface area contributed by atoms with Gasteiger partial charge in [-0.3, -0.25) is 14.7 Å². The molecular weight excluding hydrogens is 298 g/mol. The Labute approximate surface area is 135 Å². The maximum atomic E-state index is 12.4. The van der Waals surface area contributed by atoms with Crippen LogP contribution >= 0.6 is 11.6 Å². The molecule has 1 fully saturated rings. The van der Waals surface area contributed by atoms with E-state index in [0.717, 1.165) is 23.4 Å². The molecule has 0 radical (unpaired) electrons. The summed E-state index contributed by atoms with van der Waals surface area (Å²) < 4.78 is 0. The summed E-state index contributed by atoms with van der Waals surface area (Å²) in [5, 5.41) is 3.56. The van der Waals surface area contributed by atoms with Crippen molar-refractivity contribution < 1.29 is 4.79 Å². The molecule has 22 heavy (non-hydrogen) atoms. The zero-order valence-electron chi connectivity index (χ0n) is 12.4.